The molecule has 1 unspecified atom stereocenters. The Morgan fingerprint density at radius 2 is 2.17 bits per heavy atom. The highest BCUT2D eigenvalue weighted by Gasteiger charge is 2.16. The maximum Gasteiger partial charge on any atom is 0.232 e. The molecule has 0 saturated carbocycles. The summed E-state index contributed by atoms with van der Waals surface area (Å²) < 4.78 is 0. The molecule has 1 saturated heterocycles. The Morgan fingerprint density at radius 3 is 2.67 bits per heavy atom. The summed E-state index contributed by atoms with van der Waals surface area (Å²) >= 11 is 4.06. The molecule has 1 aliphatic rings. The molecule has 4 heteroatoms. The molecular weight excluding hydrogens is 172 g/mol. The lowest BCUT2D eigenvalue weighted by atomic mass is 10.1. The normalized spacial score (nSPS) is 21.8. The van der Waals surface area contributed by atoms with E-state index in [2.05, 4.69) is 23.3 Å². The summed E-state index contributed by atoms with van der Waals surface area (Å²) in [5.41, 5.74) is 0. The van der Waals surface area contributed by atoms with Gasteiger partial charge in [-0.1, -0.05) is 0 Å². The highest BCUT2D eigenvalue weighted by molar-refractivity contribution is 7.81. The minimum atomic E-state index is -0.195. The van der Waals surface area contributed by atoms with Crippen LogP contribution in [-0.2, 0) is 4.79 Å². The van der Waals surface area contributed by atoms with Crippen LogP contribution in [0.1, 0.15) is 19.8 Å². The zero-order valence-corrected chi connectivity index (χ0v) is 8.23. The van der Waals surface area contributed by atoms with Crippen LogP contribution in [0.4, 0.5) is 0 Å². The Morgan fingerprint density at radius 1 is 1.58 bits per heavy atom. The minimum absolute atomic E-state index is 0.0465. The van der Waals surface area contributed by atoms with E-state index in [1.165, 1.54) is 0 Å². The van der Waals surface area contributed by atoms with Gasteiger partial charge in [0.1, 0.15) is 0 Å². The minimum Gasteiger partial charge on any atom is -0.352 e. The second-order valence-corrected chi connectivity index (χ2v) is 3.98. The smallest absolute Gasteiger partial charge is 0.232 e. The second kappa shape index (κ2) is 4.72. The molecule has 0 aromatic heterocycles. The van der Waals surface area contributed by atoms with E-state index in [1.807, 2.05) is 0 Å². The van der Waals surface area contributed by atoms with Gasteiger partial charge < -0.3 is 10.6 Å². The Labute approximate surface area is 78.7 Å². The van der Waals surface area contributed by atoms with Crippen molar-refractivity contribution in [1.29, 1.82) is 0 Å². The fourth-order valence-corrected chi connectivity index (χ4v) is 1.36. The number of hydrogen-bond donors (Lipinski definition) is 3. The van der Waals surface area contributed by atoms with Gasteiger partial charge in [0.25, 0.3) is 0 Å². The van der Waals surface area contributed by atoms with Crippen LogP contribution in [0.2, 0.25) is 0 Å². The van der Waals surface area contributed by atoms with E-state index in [1.54, 1.807) is 6.92 Å². The number of amides is 1. The summed E-state index contributed by atoms with van der Waals surface area (Å²) in [6.07, 6.45) is 2.07. The maximum atomic E-state index is 11.2. The van der Waals surface area contributed by atoms with Gasteiger partial charge in [-0.25, -0.2) is 0 Å². The predicted octanol–water partition coefficient (Wildman–Crippen LogP) is 0.173. The first kappa shape index (κ1) is 9.86. The van der Waals surface area contributed by atoms with Gasteiger partial charge >= 0.3 is 0 Å². The number of nitrogens with one attached hydrogen (secondary N) is 2. The number of piperidine rings is 1. The van der Waals surface area contributed by atoms with Crippen LogP contribution < -0.4 is 10.6 Å². The third-order valence-corrected chi connectivity index (χ3v) is 2.30. The fraction of sp³-hybridized carbons (Fsp3) is 0.875. The van der Waals surface area contributed by atoms with Gasteiger partial charge in [-0.15, -0.1) is 0 Å². The van der Waals surface area contributed by atoms with E-state index in [-0.39, 0.29) is 11.2 Å². The second-order valence-electron chi connectivity index (χ2n) is 3.21. The molecule has 1 amide bonds. The zero-order chi connectivity index (χ0) is 8.97. The van der Waals surface area contributed by atoms with Crippen LogP contribution in [0, 0.1) is 0 Å². The quantitative estimate of drug-likeness (QED) is 0.541. The van der Waals surface area contributed by atoms with Crippen molar-refractivity contribution in [2.45, 2.75) is 31.1 Å². The van der Waals surface area contributed by atoms with Gasteiger partial charge in [0, 0.05) is 6.04 Å². The molecule has 3 nitrogen and oxygen atoms in total. The SMILES string of the molecule is CC(S)C(=O)NC1CCNCC1. The van der Waals surface area contributed by atoms with E-state index in [0.717, 1.165) is 25.9 Å². The van der Waals surface area contributed by atoms with Crippen LogP contribution in [0.5, 0.6) is 0 Å². The molecule has 1 rings (SSSR count). The van der Waals surface area contributed by atoms with E-state index >= 15 is 0 Å². The van der Waals surface area contributed by atoms with Crippen LogP contribution in [-0.4, -0.2) is 30.3 Å². The number of carbonyl (C=O) groups excluding carboxylic acids is 1. The molecule has 12 heavy (non-hydrogen) atoms. The monoisotopic (exact) mass is 188 g/mol. The summed E-state index contributed by atoms with van der Waals surface area (Å²) in [6.45, 7) is 3.80. The Hall–Kier alpha value is -0.220. The van der Waals surface area contributed by atoms with Crippen molar-refractivity contribution >= 4 is 18.5 Å². The molecule has 0 aromatic rings. The van der Waals surface area contributed by atoms with E-state index in [0.29, 0.717) is 6.04 Å². The fourth-order valence-electron chi connectivity index (χ4n) is 1.29. The number of carbonyl (C=O) groups is 1. The third-order valence-electron chi connectivity index (χ3n) is 2.06. The molecule has 0 radical (unpaired) electrons. The first-order chi connectivity index (χ1) is 5.70. The molecule has 70 valence electrons. The van der Waals surface area contributed by atoms with Gasteiger partial charge in [-0.2, -0.15) is 12.6 Å². The molecule has 1 heterocycles. The van der Waals surface area contributed by atoms with Crippen molar-refractivity contribution in [3.05, 3.63) is 0 Å². The molecule has 1 aliphatic heterocycles. The lowest BCUT2D eigenvalue weighted by Gasteiger charge is -2.24. The summed E-state index contributed by atoms with van der Waals surface area (Å²) in [7, 11) is 0. The lowest BCUT2D eigenvalue weighted by Crippen LogP contribution is -2.44. The molecule has 0 bridgehead atoms. The van der Waals surface area contributed by atoms with Crippen LogP contribution in [0.15, 0.2) is 0 Å². The van der Waals surface area contributed by atoms with Crippen molar-refractivity contribution in [3.63, 3.8) is 0 Å². The largest absolute Gasteiger partial charge is 0.352 e. The number of rotatable bonds is 2. The third kappa shape index (κ3) is 3.03. The predicted molar refractivity (Wildman–Crippen MR) is 52.5 cm³/mol. The van der Waals surface area contributed by atoms with Gasteiger partial charge in [0.2, 0.25) is 5.91 Å². The average Bonchev–Trinajstić information content (AvgIpc) is 2.06. The molecule has 1 fully saturated rings. The molecule has 1 atom stereocenters. The summed E-state index contributed by atoms with van der Waals surface area (Å²) in [5.74, 6) is 0.0465. The lowest BCUT2D eigenvalue weighted by molar-refractivity contribution is -0.121. The van der Waals surface area contributed by atoms with Gasteiger partial charge in [0.15, 0.2) is 0 Å². The Balaban J connectivity index is 2.24. The van der Waals surface area contributed by atoms with Crippen molar-refractivity contribution in [1.82, 2.24) is 10.6 Å². The van der Waals surface area contributed by atoms with Gasteiger partial charge in [-0.3, -0.25) is 4.79 Å². The van der Waals surface area contributed by atoms with Crippen molar-refractivity contribution < 1.29 is 4.79 Å². The molecule has 0 aromatic carbocycles. The standard InChI is InChI=1S/C8H16N2OS/c1-6(12)8(11)10-7-2-4-9-5-3-7/h6-7,9,12H,2-5H2,1H3,(H,10,11). The molecule has 0 aliphatic carbocycles. The number of hydrogen-bond acceptors (Lipinski definition) is 3. The highest BCUT2D eigenvalue weighted by Crippen LogP contribution is 2.03. The topological polar surface area (TPSA) is 41.1 Å². The first-order valence-electron chi connectivity index (χ1n) is 4.39. The van der Waals surface area contributed by atoms with Gasteiger partial charge in [0.05, 0.1) is 5.25 Å². The van der Waals surface area contributed by atoms with Crippen molar-refractivity contribution in [2.75, 3.05) is 13.1 Å². The van der Waals surface area contributed by atoms with E-state index in [4.69, 9.17) is 0 Å². The van der Waals surface area contributed by atoms with Crippen molar-refractivity contribution in [2.24, 2.45) is 0 Å². The summed E-state index contributed by atoms with van der Waals surface area (Å²) in [4.78, 5) is 11.2. The van der Waals surface area contributed by atoms with Gasteiger partial charge in [-0.05, 0) is 32.9 Å². The number of thiol groups is 1. The van der Waals surface area contributed by atoms with E-state index < -0.39 is 0 Å². The molecule has 2 N–H and O–H groups in total. The summed E-state index contributed by atoms with van der Waals surface area (Å²) in [6, 6.07) is 0.355. The zero-order valence-electron chi connectivity index (χ0n) is 7.34. The Bertz CT molecular complexity index is 155. The van der Waals surface area contributed by atoms with Crippen LogP contribution in [0.25, 0.3) is 0 Å². The van der Waals surface area contributed by atoms with Crippen molar-refractivity contribution in [3.8, 4) is 0 Å². The highest BCUT2D eigenvalue weighted by atomic mass is 32.1. The Kier molecular flexibility index (Phi) is 3.88. The molecule has 0 spiro atoms. The van der Waals surface area contributed by atoms with E-state index in [9.17, 15) is 4.79 Å². The molecular formula is C8H16N2OS. The van der Waals surface area contributed by atoms with Crippen LogP contribution >= 0.6 is 12.6 Å². The van der Waals surface area contributed by atoms with Crippen LogP contribution in [0.3, 0.4) is 0 Å². The maximum absolute atomic E-state index is 11.2. The average molecular weight is 188 g/mol. The first-order valence-corrected chi connectivity index (χ1v) is 4.91. The summed E-state index contributed by atoms with van der Waals surface area (Å²) in [5, 5.41) is 6.02.